The standard InChI is InChI=1S/C12H13FN2O2/c1-2-14-7-10-8-16-12(15-10)17-11-5-3-9(13)4-6-11/h3-6,8,14H,2,7H2,1H3. The minimum absolute atomic E-state index is 0.157. The molecule has 90 valence electrons. The fourth-order valence-electron chi connectivity index (χ4n) is 1.27. The Hall–Kier alpha value is -1.88. The summed E-state index contributed by atoms with van der Waals surface area (Å²) >= 11 is 0. The number of nitrogens with zero attached hydrogens (tertiary/aromatic N) is 1. The molecule has 0 bridgehead atoms. The van der Waals surface area contributed by atoms with Crippen LogP contribution in [0.3, 0.4) is 0 Å². The highest BCUT2D eigenvalue weighted by Crippen LogP contribution is 2.20. The van der Waals surface area contributed by atoms with Crippen LogP contribution in [0.25, 0.3) is 0 Å². The molecule has 0 fully saturated rings. The van der Waals surface area contributed by atoms with E-state index in [0.29, 0.717) is 12.3 Å². The quantitative estimate of drug-likeness (QED) is 0.867. The highest BCUT2D eigenvalue weighted by atomic mass is 19.1. The summed E-state index contributed by atoms with van der Waals surface area (Å²) in [6.45, 7) is 3.50. The molecule has 17 heavy (non-hydrogen) atoms. The van der Waals surface area contributed by atoms with Gasteiger partial charge in [-0.25, -0.2) is 4.39 Å². The third kappa shape index (κ3) is 3.29. The number of nitrogens with one attached hydrogen (secondary N) is 1. The van der Waals surface area contributed by atoms with Crippen molar-refractivity contribution in [3.05, 3.63) is 42.0 Å². The van der Waals surface area contributed by atoms with Gasteiger partial charge in [-0.2, -0.15) is 4.98 Å². The first-order valence-electron chi connectivity index (χ1n) is 5.36. The maximum atomic E-state index is 12.7. The molecule has 0 saturated heterocycles. The number of ether oxygens (including phenoxy) is 1. The van der Waals surface area contributed by atoms with E-state index in [-0.39, 0.29) is 11.9 Å². The normalized spacial score (nSPS) is 10.5. The van der Waals surface area contributed by atoms with Crippen LogP contribution in [0.1, 0.15) is 12.6 Å². The second kappa shape index (κ2) is 5.45. The summed E-state index contributed by atoms with van der Waals surface area (Å²) < 4.78 is 23.1. The number of rotatable bonds is 5. The molecule has 1 aromatic heterocycles. The number of hydrogen-bond donors (Lipinski definition) is 1. The third-order valence-corrected chi connectivity index (χ3v) is 2.11. The summed E-state index contributed by atoms with van der Waals surface area (Å²) in [4.78, 5) is 4.12. The maximum absolute atomic E-state index is 12.7. The fraction of sp³-hybridized carbons (Fsp3) is 0.250. The summed E-state index contributed by atoms with van der Waals surface area (Å²) in [6.07, 6.45) is 1.69. The second-order valence-corrected chi connectivity index (χ2v) is 3.44. The van der Waals surface area contributed by atoms with E-state index in [0.717, 1.165) is 12.2 Å². The van der Waals surface area contributed by atoms with Crippen LogP contribution in [-0.2, 0) is 6.54 Å². The summed E-state index contributed by atoms with van der Waals surface area (Å²) in [5, 5.41) is 3.12. The fourth-order valence-corrected chi connectivity index (χ4v) is 1.27. The zero-order valence-corrected chi connectivity index (χ0v) is 9.44. The van der Waals surface area contributed by atoms with E-state index in [2.05, 4.69) is 10.3 Å². The molecule has 1 heterocycles. The van der Waals surface area contributed by atoms with Crippen molar-refractivity contribution in [1.29, 1.82) is 0 Å². The maximum Gasteiger partial charge on any atom is 0.399 e. The average Bonchev–Trinajstić information content (AvgIpc) is 2.77. The Morgan fingerprint density at radius 3 is 2.82 bits per heavy atom. The van der Waals surface area contributed by atoms with Gasteiger partial charge in [0.1, 0.15) is 17.8 Å². The number of aromatic nitrogens is 1. The van der Waals surface area contributed by atoms with Gasteiger partial charge in [-0.15, -0.1) is 0 Å². The predicted molar refractivity (Wildman–Crippen MR) is 60.4 cm³/mol. The van der Waals surface area contributed by atoms with Gasteiger partial charge in [-0.3, -0.25) is 0 Å². The van der Waals surface area contributed by atoms with Crippen LogP contribution >= 0.6 is 0 Å². The Labute approximate surface area is 98.4 Å². The highest BCUT2D eigenvalue weighted by molar-refractivity contribution is 5.24. The van der Waals surface area contributed by atoms with Crippen LogP contribution in [0.4, 0.5) is 4.39 Å². The van der Waals surface area contributed by atoms with Crippen LogP contribution in [0.15, 0.2) is 34.9 Å². The Morgan fingerprint density at radius 2 is 2.12 bits per heavy atom. The highest BCUT2D eigenvalue weighted by Gasteiger charge is 2.05. The Bertz CT molecular complexity index is 468. The molecule has 0 aliphatic rings. The van der Waals surface area contributed by atoms with Gasteiger partial charge in [0.25, 0.3) is 0 Å². The molecule has 0 atom stereocenters. The molecular weight excluding hydrogens is 223 g/mol. The molecular formula is C12H13FN2O2. The monoisotopic (exact) mass is 236 g/mol. The van der Waals surface area contributed by atoms with Gasteiger partial charge in [0, 0.05) is 6.54 Å². The van der Waals surface area contributed by atoms with E-state index in [1.54, 1.807) is 0 Å². The first-order valence-corrected chi connectivity index (χ1v) is 5.36. The van der Waals surface area contributed by atoms with Crippen LogP contribution in [0, 0.1) is 5.82 Å². The lowest BCUT2D eigenvalue weighted by Crippen LogP contribution is -2.11. The molecule has 2 aromatic rings. The van der Waals surface area contributed by atoms with Crippen molar-refractivity contribution in [2.24, 2.45) is 0 Å². The minimum atomic E-state index is -0.308. The number of hydrogen-bond acceptors (Lipinski definition) is 4. The molecule has 1 aromatic carbocycles. The van der Waals surface area contributed by atoms with Crippen LogP contribution < -0.4 is 10.1 Å². The Balaban J connectivity index is 1.98. The Morgan fingerprint density at radius 1 is 1.35 bits per heavy atom. The average molecular weight is 236 g/mol. The van der Waals surface area contributed by atoms with Gasteiger partial charge in [0.2, 0.25) is 0 Å². The van der Waals surface area contributed by atoms with E-state index in [4.69, 9.17) is 9.15 Å². The van der Waals surface area contributed by atoms with E-state index >= 15 is 0 Å². The van der Waals surface area contributed by atoms with E-state index < -0.39 is 0 Å². The molecule has 2 rings (SSSR count). The minimum Gasteiger partial charge on any atom is -0.417 e. The molecule has 0 spiro atoms. The summed E-state index contributed by atoms with van der Waals surface area (Å²) in [5.74, 6) is 0.181. The van der Waals surface area contributed by atoms with Crippen molar-refractivity contribution in [2.45, 2.75) is 13.5 Å². The lowest BCUT2D eigenvalue weighted by Gasteiger charge is -1.99. The molecule has 0 amide bonds. The lowest BCUT2D eigenvalue weighted by atomic mass is 10.3. The molecule has 0 saturated carbocycles. The van der Waals surface area contributed by atoms with Gasteiger partial charge in [0.05, 0.1) is 5.69 Å². The van der Waals surface area contributed by atoms with Gasteiger partial charge in [-0.05, 0) is 30.8 Å². The van der Waals surface area contributed by atoms with Gasteiger partial charge >= 0.3 is 6.08 Å². The summed E-state index contributed by atoms with van der Waals surface area (Å²) in [7, 11) is 0. The van der Waals surface area contributed by atoms with Crippen molar-refractivity contribution >= 4 is 0 Å². The molecule has 4 nitrogen and oxygen atoms in total. The van der Waals surface area contributed by atoms with Crippen molar-refractivity contribution in [1.82, 2.24) is 10.3 Å². The van der Waals surface area contributed by atoms with Crippen molar-refractivity contribution < 1.29 is 13.5 Å². The number of benzene rings is 1. The summed E-state index contributed by atoms with van der Waals surface area (Å²) in [6, 6.07) is 5.67. The van der Waals surface area contributed by atoms with Gasteiger partial charge in [-0.1, -0.05) is 6.92 Å². The SMILES string of the molecule is CCNCc1coc(Oc2ccc(F)cc2)n1. The molecule has 0 radical (unpaired) electrons. The van der Waals surface area contributed by atoms with Crippen molar-refractivity contribution in [2.75, 3.05) is 6.54 Å². The van der Waals surface area contributed by atoms with Crippen molar-refractivity contribution in [3.63, 3.8) is 0 Å². The van der Waals surface area contributed by atoms with Crippen LogP contribution in [0.2, 0.25) is 0 Å². The largest absolute Gasteiger partial charge is 0.417 e. The number of halogens is 1. The van der Waals surface area contributed by atoms with E-state index in [9.17, 15) is 4.39 Å². The molecule has 0 aliphatic heterocycles. The zero-order valence-electron chi connectivity index (χ0n) is 9.44. The van der Waals surface area contributed by atoms with E-state index in [1.807, 2.05) is 6.92 Å². The smallest absolute Gasteiger partial charge is 0.399 e. The number of oxazole rings is 1. The summed E-state index contributed by atoms with van der Waals surface area (Å²) in [5.41, 5.74) is 0.768. The molecule has 5 heteroatoms. The third-order valence-electron chi connectivity index (χ3n) is 2.11. The molecule has 0 aliphatic carbocycles. The van der Waals surface area contributed by atoms with Crippen molar-refractivity contribution in [3.8, 4) is 11.8 Å². The predicted octanol–water partition coefficient (Wildman–Crippen LogP) is 2.72. The molecule has 0 unspecified atom stereocenters. The Kier molecular flexibility index (Phi) is 3.72. The van der Waals surface area contributed by atoms with Gasteiger partial charge in [0.15, 0.2) is 0 Å². The topological polar surface area (TPSA) is 47.3 Å². The first kappa shape index (κ1) is 11.6. The first-order chi connectivity index (χ1) is 8.28. The lowest BCUT2D eigenvalue weighted by molar-refractivity contribution is 0.330. The second-order valence-electron chi connectivity index (χ2n) is 3.44. The van der Waals surface area contributed by atoms with Gasteiger partial charge < -0.3 is 14.5 Å². The van der Waals surface area contributed by atoms with E-state index in [1.165, 1.54) is 30.5 Å². The van der Waals surface area contributed by atoms with Crippen LogP contribution in [-0.4, -0.2) is 11.5 Å². The van der Waals surface area contributed by atoms with Crippen LogP contribution in [0.5, 0.6) is 11.8 Å². The zero-order chi connectivity index (χ0) is 12.1. The molecule has 1 N–H and O–H groups in total.